The van der Waals surface area contributed by atoms with Gasteiger partial charge in [-0.2, -0.15) is 0 Å². The lowest BCUT2D eigenvalue weighted by atomic mass is 9.98. The second-order valence-corrected chi connectivity index (χ2v) is 7.19. The van der Waals surface area contributed by atoms with Crippen LogP contribution in [0.4, 0.5) is 4.79 Å². The maximum atomic E-state index is 12.6. The van der Waals surface area contributed by atoms with E-state index in [1.54, 1.807) is 0 Å². The summed E-state index contributed by atoms with van der Waals surface area (Å²) < 4.78 is 1.86. The Kier molecular flexibility index (Phi) is 3.58. The van der Waals surface area contributed by atoms with Crippen molar-refractivity contribution in [3.05, 3.63) is 11.9 Å². The molecule has 3 fully saturated rings. The van der Waals surface area contributed by atoms with Gasteiger partial charge in [-0.05, 0) is 31.6 Å². The van der Waals surface area contributed by atoms with Gasteiger partial charge in [0.2, 0.25) is 0 Å². The fourth-order valence-corrected chi connectivity index (χ4v) is 4.26. The lowest BCUT2D eigenvalue weighted by Gasteiger charge is -2.19. The summed E-state index contributed by atoms with van der Waals surface area (Å²) in [6, 6.07) is -0.290. The molecule has 1 aromatic heterocycles. The van der Waals surface area contributed by atoms with Gasteiger partial charge in [0.1, 0.15) is 11.2 Å². The van der Waals surface area contributed by atoms with E-state index in [0.29, 0.717) is 11.6 Å². The van der Waals surface area contributed by atoms with E-state index in [0.717, 1.165) is 32.2 Å². The van der Waals surface area contributed by atoms with Crippen molar-refractivity contribution in [1.29, 1.82) is 0 Å². The Hall–Kier alpha value is -1.92. The molecule has 23 heavy (non-hydrogen) atoms. The van der Waals surface area contributed by atoms with Crippen molar-refractivity contribution in [2.45, 2.75) is 70.0 Å². The molecule has 7 nitrogen and oxygen atoms in total. The number of aromatic nitrogens is 3. The zero-order chi connectivity index (χ0) is 15.9. The van der Waals surface area contributed by atoms with Gasteiger partial charge >= 0.3 is 6.03 Å². The minimum atomic E-state index is -0.642. The summed E-state index contributed by atoms with van der Waals surface area (Å²) in [5, 5.41) is 11.2. The van der Waals surface area contributed by atoms with Gasteiger partial charge in [-0.25, -0.2) is 4.79 Å². The number of rotatable bonds is 4. The van der Waals surface area contributed by atoms with E-state index >= 15 is 0 Å². The highest BCUT2D eigenvalue weighted by Gasteiger charge is 2.52. The summed E-state index contributed by atoms with van der Waals surface area (Å²) in [5.74, 6) is 0.591. The van der Waals surface area contributed by atoms with E-state index in [2.05, 4.69) is 15.6 Å². The van der Waals surface area contributed by atoms with Crippen LogP contribution in [0.25, 0.3) is 0 Å². The fraction of sp³-hybridized carbons (Fsp3) is 0.750. The van der Waals surface area contributed by atoms with Crippen molar-refractivity contribution in [1.82, 2.24) is 25.2 Å². The Balaban J connectivity index is 1.42. The molecule has 1 aromatic rings. The fourth-order valence-electron chi connectivity index (χ4n) is 4.26. The third kappa shape index (κ3) is 2.62. The third-order valence-corrected chi connectivity index (χ3v) is 5.53. The Morgan fingerprint density at radius 1 is 1.17 bits per heavy atom. The van der Waals surface area contributed by atoms with Gasteiger partial charge < -0.3 is 5.32 Å². The molecule has 2 heterocycles. The standard InChI is InChI=1S/C16H23N5O2/c22-14-16(7-3-4-8-16)17-15(23)21(14)11-13-10-20(19-18-13)9-12-5-1-2-6-12/h10,12H,1-9,11H2,(H,17,23). The minimum absolute atomic E-state index is 0.0923. The lowest BCUT2D eigenvalue weighted by Crippen LogP contribution is -2.44. The van der Waals surface area contributed by atoms with Crippen LogP contribution in [0, 0.1) is 5.92 Å². The van der Waals surface area contributed by atoms with E-state index in [9.17, 15) is 9.59 Å². The molecule has 1 spiro atoms. The zero-order valence-electron chi connectivity index (χ0n) is 13.3. The average molecular weight is 317 g/mol. The van der Waals surface area contributed by atoms with E-state index in [1.807, 2.05) is 10.9 Å². The third-order valence-electron chi connectivity index (χ3n) is 5.53. The first-order valence-corrected chi connectivity index (χ1v) is 8.69. The maximum absolute atomic E-state index is 12.6. The van der Waals surface area contributed by atoms with Crippen LogP contribution in [0.15, 0.2) is 6.20 Å². The predicted octanol–water partition coefficient (Wildman–Crippen LogP) is 1.83. The van der Waals surface area contributed by atoms with Crippen molar-refractivity contribution in [2.75, 3.05) is 0 Å². The Morgan fingerprint density at radius 2 is 1.91 bits per heavy atom. The summed E-state index contributed by atoms with van der Waals surface area (Å²) in [6.07, 6.45) is 10.5. The first-order valence-electron chi connectivity index (χ1n) is 8.69. The Bertz CT molecular complexity index is 614. The van der Waals surface area contributed by atoms with Crippen LogP contribution in [0.3, 0.4) is 0 Å². The molecule has 0 atom stereocenters. The smallest absolute Gasteiger partial charge is 0.323 e. The number of hydrogen-bond acceptors (Lipinski definition) is 4. The summed E-state index contributed by atoms with van der Waals surface area (Å²) in [4.78, 5) is 26.1. The summed E-state index contributed by atoms with van der Waals surface area (Å²) in [5.41, 5.74) is 0.0400. The zero-order valence-corrected chi connectivity index (χ0v) is 13.3. The van der Waals surface area contributed by atoms with Gasteiger partial charge in [-0.1, -0.05) is 30.9 Å². The number of imide groups is 1. The maximum Gasteiger partial charge on any atom is 0.325 e. The van der Waals surface area contributed by atoms with Crippen LogP contribution in [0.5, 0.6) is 0 Å². The summed E-state index contributed by atoms with van der Waals surface area (Å²) >= 11 is 0. The molecule has 0 radical (unpaired) electrons. The van der Waals surface area contributed by atoms with Crippen molar-refractivity contribution in [3.63, 3.8) is 0 Å². The first-order chi connectivity index (χ1) is 11.2. The van der Waals surface area contributed by atoms with Crippen LogP contribution in [-0.2, 0) is 17.9 Å². The molecule has 124 valence electrons. The minimum Gasteiger partial charge on any atom is -0.323 e. The topological polar surface area (TPSA) is 80.1 Å². The number of nitrogens with zero attached hydrogens (tertiary/aromatic N) is 4. The number of amides is 3. The number of carbonyl (C=O) groups is 2. The normalized spacial score (nSPS) is 24.1. The molecule has 0 aromatic carbocycles. The summed E-state index contributed by atoms with van der Waals surface area (Å²) in [7, 11) is 0. The molecule has 4 rings (SSSR count). The van der Waals surface area contributed by atoms with Crippen molar-refractivity contribution >= 4 is 11.9 Å². The quantitative estimate of drug-likeness (QED) is 0.859. The van der Waals surface area contributed by atoms with Gasteiger partial charge in [-0.15, -0.1) is 5.10 Å². The predicted molar refractivity (Wildman–Crippen MR) is 82.3 cm³/mol. The number of urea groups is 1. The second-order valence-electron chi connectivity index (χ2n) is 7.19. The molecule has 1 saturated heterocycles. The molecule has 1 N–H and O–H groups in total. The molecule has 3 amide bonds. The number of nitrogens with one attached hydrogen (secondary N) is 1. The van der Waals surface area contributed by atoms with E-state index in [-0.39, 0.29) is 18.5 Å². The van der Waals surface area contributed by atoms with Crippen molar-refractivity contribution in [2.24, 2.45) is 5.92 Å². The largest absolute Gasteiger partial charge is 0.325 e. The van der Waals surface area contributed by atoms with Crippen molar-refractivity contribution in [3.8, 4) is 0 Å². The molecule has 2 aliphatic carbocycles. The van der Waals surface area contributed by atoms with Gasteiger partial charge in [0.25, 0.3) is 5.91 Å². The molecule has 1 aliphatic heterocycles. The van der Waals surface area contributed by atoms with Crippen LogP contribution in [0.2, 0.25) is 0 Å². The highest BCUT2D eigenvalue weighted by atomic mass is 16.2. The molecular weight excluding hydrogens is 294 g/mol. The second kappa shape index (κ2) is 5.62. The first kappa shape index (κ1) is 14.7. The number of carbonyl (C=O) groups excluding carboxylic acids is 2. The molecular formula is C16H23N5O2. The van der Waals surface area contributed by atoms with Crippen LogP contribution < -0.4 is 5.32 Å². The van der Waals surface area contributed by atoms with Gasteiger partial charge in [0.05, 0.1) is 12.7 Å². The molecule has 7 heteroatoms. The highest BCUT2D eigenvalue weighted by molar-refractivity contribution is 6.07. The SMILES string of the molecule is O=C1NC2(CCCC2)C(=O)N1Cc1cn(CC2CCCC2)nn1. The van der Waals surface area contributed by atoms with E-state index < -0.39 is 5.54 Å². The highest BCUT2D eigenvalue weighted by Crippen LogP contribution is 2.35. The van der Waals surface area contributed by atoms with Crippen LogP contribution >= 0.6 is 0 Å². The number of hydrogen-bond donors (Lipinski definition) is 1. The lowest BCUT2D eigenvalue weighted by molar-refractivity contribution is -0.131. The van der Waals surface area contributed by atoms with E-state index in [4.69, 9.17) is 0 Å². The molecule has 2 saturated carbocycles. The molecule has 3 aliphatic rings. The van der Waals surface area contributed by atoms with Gasteiger partial charge in [0, 0.05) is 6.54 Å². The Labute approximate surface area is 135 Å². The van der Waals surface area contributed by atoms with Crippen LogP contribution in [0.1, 0.15) is 57.1 Å². The van der Waals surface area contributed by atoms with Crippen molar-refractivity contribution < 1.29 is 9.59 Å². The average Bonchev–Trinajstić information content (AvgIpc) is 3.28. The van der Waals surface area contributed by atoms with Crippen LogP contribution in [-0.4, -0.2) is 37.4 Å². The van der Waals surface area contributed by atoms with E-state index in [1.165, 1.54) is 30.6 Å². The summed E-state index contributed by atoms with van der Waals surface area (Å²) in [6.45, 7) is 1.11. The Morgan fingerprint density at radius 3 is 2.65 bits per heavy atom. The van der Waals surface area contributed by atoms with Gasteiger partial charge in [-0.3, -0.25) is 14.4 Å². The molecule has 0 unspecified atom stereocenters. The molecule has 0 bridgehead atoms. The van der Waals surface area contributed by atoms with Gasteiger partial charge in [0.15, 0.2) is 0 Å². The monoisotopic (exact) mass is 317 g/mol.